The van der Waals surface area contributed by atoms with Crippen LogP contribution < -0.4 is 10.1 Å². The van der Waals surface area contributed by atoms with Gasteiger partial charge in [0.15, 0.2) is 0 Å². The van der Waals surface area contributed by atoms with Crippen LogP contribution in [0.2, 0.25) is 0 Å². The van der Waals surface area contributed by atoms with Gasteiger partial charge in [-0.2, -0.15) is 0 Å². The molecule has 0 aliphatic heterocycles. The molecule has 1 aromatic carbocycles. The minimum atomic E-state index is 0.490. The molecule has 0 fully saturated rings. The molecule has 0 aliphatic rings. The normalized spacial score (nSPS) is 10.9. The predicted octanol–water partition coefficient (Wildman–Crippen LogP) is 4.59. The zero-order chi connectivity index (χ0) is 18.4. The van der Waals surface area contributed by atoms with E-state index in [0.29, 0.717) is 6.61 Å². The molecule has 0 radical (unpaired) electrons. The lowest BCUT2D eigenvalue weighted by Crippen LogP contribution is -2.13. The molecule has 0 aliphatic carbocycles. The van der Waals surface area contributed by atoms with Gasteiger partial charge in [0.05, 0.1) is 16.4 Å². The Morgan fingerprint density at radius 1 is 1.08 bits per heavy atom. The van der Waals surface area contributed by atoms with Crippen LogP contribution in [0.3, 0.4) is 0 Å². The van der Waals surface area contributed by atoms with Crippen molar-refractivity contribution in [3.05, 3.63) is 75.0 Å². The van der Waals surface area contributed by atoms with Gasteiger partial charge in [-0.25, -0.2) is 4.98 Å². The van der Waals surface area contributed by atoms with E-state index in [1.165, 1.54) is 10.6 Å². The second kappa shape index (κ2) is 8.92. The first-order valence-electron chi connectivity index (χ1n) is 8.92. The third-order valence-electron chi connectivity index (χ3n) is 4.15. The molecule has 0 amide bonds. The fourth-order valence-corrected chi connectivity index (χ4v) is 3.67. The van der Waals surface area contributed by atoms with Crippen LogP contribution in [0, 0.1) is 13.8 Å². The number of hydrogen-bond donors (Lipinski definition) is 1. The Hall–Kier alpha value is -2.24. The highest BCUT2D eigenvalue weighted by molar-refractivity contribution is 7.09. The van der Waals surface area contributed by atoms with E-state index in [2.05, 4.69) is 53.6 Å². The van der Waals surface area contributed by atoms with Crippen molar-refractivity contribution in [1.29, 1.82) is 0 Å². The van der Waals surface area contributed by atoms with Gasteiger partial charge in [-0.1, -0.05) is 25.1 Å². The van der Waals surface area contributed by atoms with Crippen molar-refractivity contribution in [2.75, 3.05) is 0 Å². The first-order chi connectivity index (χ1) is 12.7. The van der Waals surface area contributed by atoms with E-state index in [0.717, 1.165) is 47.8 Å². The molecule has 0 saturated heterocycles. The Labute approximate surface area is 159 Å². The summed E-state index contributed by atoms with van der Waals surface area (Å²) in [6, 6.07) is 10.2. The number of nitrogens with zero attached hydrogens (tertiary/aromatic N) is 2. The van der Waals surface area contributed by atoms with Gasteiger partial charge in [0.25, 0.3) is 0 Å². The molecular weight excluding hydrogens is 342 g/mol. The fraction of sp³-hybridized carbons (Fsp3) is 0.333. The van der Waals surface area contributed by atoms with Gasteiger partial charge in [-0.3, -0.25) is 4.98 Å². The maximum absolute atomic E-state index is 6.01. The highest BCUT2D eigenvalue weighted by Gasteiger charge is 2.08. The Bertz CT molecular complexity index is 822. The van der Waals surface area contributed by atoms with Crippen LogP contribution in [0.15, 0.2) is 41.9 Å². The maximum Gasteiger partial charge on any atom is 0.130 e. The Balaban J connectivity index is 1.57. The van der Waals surface area contributed by atoms with Crippen LogP contribution in [0.4, 0.5) is 0 Å². The molecular formula is C21H25N3OS. The molecule has 26 heavy (non-hydrogen) atoms. The van der Waals surface area contributed by atoms with Crippen LogP contribution >= 0.6 is 11.3 Å². The monoisotopic (exact) mass is 367 g/mol. The van der Waals surface area contributed by atoms with E-state index in [1.807, 2.05) is 18.2 Å². The summed E-state index contributed by atoms with van der Waals surface area (Å²) < 4.78 is 6.01. The molecule has 2 heterocycles. The average Bonchev–Trinajstić information content (AvgIpc) is 3.10. The van der Waals surface area contributed by atoms with Gasteiger partial charge in [0, 0.05) is 24.7 Å². The Morgan fingerprint density at radius 3 is 2.54 bits per heavy atom. The number of benzene rings is 1. The van der Waals surface area contributed by atoms with Crippen molar-refractivity contribution in [3.63, 3.8) is 0 Å². The number of hydrogen-bond acceptors (Lipinski definition) is 5. The van der Waals surface area contributed by atoms with Gasteiger partial charge in [-0.05, 0) is 49.1 Å². The number of nitrogens with one attached hydrogen (secondary N) is 1. The summed E-state index contributed by atoms with van der Waals surface area (Å²) >= 11 is 1.73. The summed E-state index contributed by atoms with van der Waals surface area (Å²) in [6.07, 6.45) is 2.79. The number of aryl methyl sites for hydroxylation is 3. The van der Waals surface area contributed by atoms with Gasteiger partial charge in [-0.15, -0.1) is 11.3 Å². The third kappa shape index (κ3) is 4.90. The topological polar surface area (TPSA) is 47.0 Å². The predicted molar refractivity (Wildman–Crippen MR) is 107 cm³/mol. The summed E-state index contributed by atoms with van der Waals surface area (Å²) in [6.45, 7) is 8.44. The van der Waals surface area contributed by atoms with Crippen molar-refractivity contribution in [2.24, 2.45) is 0 Å². The van der Waals surface area contributed by atoms with Crippen molar-refractivity contribution in [1.82, 2.24) is 15.3 Å². The number of ether oxygens (including phenoxy) is 1. The second-order valence-corrected chi connectivity index (χ2v) is 7.30. The third-order valence-corrected chi connectivity index (χ3v) is 5.19. The van der Waals surface area contributed by atoms with Crippen LogP contribution in [0.5, 0.6) is 5.75 Å². The molecule has 0 bridgehead atoms. The fourth-order valence-electron chi connectivity index (χ4n) is 2.93. The van der Waals surface area contributed by atoms with Gasteiger partial charge in [0.1, 0.15) is 12.4 Å². The molecule has 3 rings (SSSR count). The van der Waals surface area contributed by atoms with Gasteiger partial charge >= 0.3 is 0 Å². The van der Waals surface area contributed by atoms with E-state index in [4.69, 9.17) is 4.74 Å². The molecule has 1 N–H and O–H groups in total. The summed E-state index contributed by atoms with van der Waals surface area (Å²) in [4.78, 5) is 8.90. The van der Waals surface area contributed by atoms with Crippen LogP contribution in [-0.4, -0.2) is 9.97 Å². The molecule has 3 aromatic rings. The number of aromatic nitrogens is 2. The molecule has 5 heteroatoms. The highest BCUT2D eigenvalue weighted by Crippen LogP contribution is 2.25. The molecule has 136 valence electrons. The van der Waals surface area contributed by atoms with E-state index in [-0.39, 0.29) is 0 Å². The van der Waals surface area contributed by atoms with Gasteiger partial charge in [0.2, 0.25) is 0 Å². The zero-order valence-electron chi connectivity index (χ0n) is 15.6. The quantitative estimate of drug-likeness (QED) is 0.633. The summed E-state index contributed by atoms with van der Waals surface area (Å²) in [5.41, 5.74) is 5.62. The molecule has 2 aromatic heterocycles. The lowest BCUT2D eigenvalue weighted by molar-refractivity contribution is 0.297. The lowest BCUT2D eigenvalue weighted by atomic mass is 10.1. The zero-order valence-corrected chi connectivity index (χ0v) is 16.4. The average molecular weight is 368 g/mol. The summed E-state index contributed by atoms with van der Waals surface area (Å²) in [5.74, 6) is 0.950. The lowest BCUT2D eigenvalue weighted by Gasteiger charge is -2.14. The van der Waals surface area contributed by atoms with Gasteiger partial charge < -0.3 is 10.1 Å². The van der Waals surface area contributed by atoms with E-state index < -0.39 is 0 Å². The second-order valence-electron chi connectivity index (χ2n) is 6.36. The molecule has 4 nitrogen and oxygen atoms in total. The SMILES string of the molecule is CCc1nc(CNCc2cc(C)c(OCc3ccccn3)c(C)c2)cs1. The van der Waals surface area contributed by atoms with Crippen LogP contribution in [0.1, 0.15) is 40.0 Å². The van der Waals surface area contributed by atoms with Crippen LogP contribution in [0.25, 0.3) is 0 Å². The van der Waals surface area contributed by atoms with E-state index in [1.54, 1.807) is 17.5 Å². The molecule has 0 spiro atoms. The van der Waals surface area contributed by atoms with Crippen LogP contribution in [-0.2, 0) is 26.1 Å². The molecule has 0 unspecified atom stereocenters. The molecule has 0 saturated carbocycles. The standard InChI is InChI=1S/C21H25N3OS/c1-4-20-24-19(14-26-20)12-22-11-17-9-15(2)21(16(3)10-17)25-13-18-7-5-6-8-23-18/h5-10,14,22H,4,11-13H2,1-3H3. The van der Waals surface area contributed by atoms with Crippen molar-refractivity contribution in [2.45, 2.75) is 46.9 Å². The van der Waals surface area contributed by atoms with Crippen molar-refractivity contribution in [3.8, 4) is 5.75 Å². The summed E-state index contributed by atoms with van der Waals surface area (Å²) in [5, 5.41) is 6.81. The largest absolute Gasteiger partial charge is 0.487 e. The number of rotatable bonds is 8. The molecule has 0 atom stereocenters. The van der Waals surface area contributed by atoms with Crippen molar-refractivity contribution < 1.29 is 4.74 Å². The number of thiazole rings is 1. The summed E-state index contributed by atoms with van der Waals surface area (Å²) in [7, 11) is 0. The maximum atomic E-state index is 6.01. The van der Waals surface area contributed by atoms with Crippen molar-refractivity contribution >= 4 is 11.3 Å². The highest BCUT2D eigenvalue weighted by atomic mass is 32.1. The van der Waals surface area contributed by atoms with E-state index >= 15 is 0 Å². The number of pyridine rings is 1. The minimum Gasteiger partial charge on any atom is -0.487 e. The Morgan fingerprint density at radius 2 is 1.88 bits per heavy atom. The smallest absolute Gasteiger partial charge is 0.130 e. The first kappa shape index (κ1) is 18.5. The Kier molecular flexibility index (Phi) is 6.36. The van der Waals surface area contributed by atoms with E-state index in [9.17, 15) is 0 Å². The minimum absolute atomic E-state index is 0.490. The first-order valence-corrected chi connectivity index (χ1v) is 9.80.